The molecule has 2 aromatic rings. The molecule has 0 radical (unpaired) electrons. The molecule has 0 bridgehead atoms. The van der Waals surface area contributed by atoms with E-state index in [1.54, 1.807) is 36.4 Å². The summed E-state index contributed by atoms with van der Waals surface area (Å²) in [5.41, 5.74) is 7.27. The molecule has 3 rings (SSSR count). The number of imide groups is 1. The van der Waals surface area contributed by atoms with Crippen LogP contribution in [0.2, 0.25) is 0 Å². The molecule has 2 atom stereocenters. The first-order valence-electron chi connectivity index (χ1n) is 8.26. The van der Waals surface area contributed by atoms with Crippen molar-refractivity contribution in [2.24, 2.45) is 5.73 Å². The van der Waals surface area contributed by atoms with Gasteiger partial charge in [0.15, 0.2) is 0 Å². The highest BCUT2D eigenvalue weighted by atomic mass is 32.2. The first kappa shape index (κ1) is 18.9. The van der Waals surface area contributed by atoms with Crippen LogP contribution in [0.4, 0.5) is 4.79 Å². The second kappa shape index (κ2) is 8.24. The largest absolute Gasteiger partial charge is 0.480 e. The maximum Gasteiger partial charge on any atom is 0.320 e. The third kappa shape index (κ3) is 5.08. The predicted octanol–water partition coefficient (Wildman–Crippen LogP) is 2.33. The first-order chi connectivity index (χ1) is 12.9. The number of amides is 2. The van der Waals surface area contributed by atoms with Crippen LogP contribution in [-0.4, -0.2) is 33.5 Å². The Labute approximate surface area is 159 Å². The van der Waals surface area contributed by atoms with Crippen molar-refractivity contribution in [1.29, 1.82) is 0 Å². The van der Waals surface area contributed by atoms with Crippen LogP contribution in [0, 0.1) is 0 Å². The van der Waals surface area contributed by atoms with Crippen LogP contribution in [0.1, 0.15) is 11.1 Å². The molecule has 8 heteroatoms. The smallest absolute Gasteiger partial charge is 0.320 e. The van der Waals surface area contributed by atoms with Crippen LogP contribution >= 0.6 is 11.8 Å². The SMILES string of the molecule is NC(Cc1ccc(Oc2ccc(CC3SC(=O)NC3=O)cc2)cc1)C(=O)O. The minimum Gasteiger partial charge on any atom is -0.480 e. The van der Waals surface area contributed by atoms with Gasteiger partial charge in [0, 0.05) is 0 Å². The quantitative estimate of drug-likeness (QED) is 0.668. The van der Waals surface area contributed by atoms with Crippen molar-refractivity contribution in [3.8, 4) is 11.5 Å². The number of benzene rings is 2. The van der Waals surface area contributed by atoms with Gasteiger partial charge >= 0.3 is 5.97 Å². The van der Waals surface area contributed by atoms with Crippen molar-refractivity contribution in [1.82, 2.24) is 5.32 Å². The van der Waals surface area contributed by atoms with Gasteiger partial charge in [0.1, 0.15) is 17.5 Å². The molecule has 1 fully saturated rings. The molecular formula is C19H18N2O5S. The van der Waals surface area contributed by atoms with Gasteiger partial charge in [-0.2, -0.15) is 0 Å². The van der Waals surface area contributed by atoms with E-state index in [-0.39, 0.29) is 17.6 Å². The van der Waals surface area contributed by atoms with Crippen LogP contribution < -0.4 is 15.8 Å². The van der Waals surface area contributed by atoms with Crippen LogP contribution in [0.3, 0.4) is 0 Å². The topological polar surface area (TPSA) is 119 Å². The molecule has 1 heterocycles. The Morgan fingerprint density at radius 1 is 1.07 bits per heavy atom. The number of nitrogens with one attached hydrogen (secondary N) is 1. The lowest BCUT2D eigenvalue weighted by atomic mass is 10.1. The Hall–Kier alpha value is -2.84. The van der Waals surface area contributed by atoms with E-state index in [1.807, 2.05) is 12.1 Å². The van der Waals surface area contributed by atoms with Crippen molar-refractivity contribution in [3.63, 3.8) is 0 Å². The number of nitrogens with two attached hydrogens (primary N) is 1. The third-order valence-corrected chi connectivity index (χ3v) is 5.02. The average molecular weight is 386 g/mol. The van der Waals surface area contributed by atoms with Gasteiger partial charge < -0.3 is 15.6 Å². The van der Waals surface area contributed by atoms with E-state index in [4.69, 9.17) is 15.6 Å². The molecule has 0 aliphatic carbocycles. The lowest BCUT2D eigenvalue weighted by Gasteiger charge is -2.10. The van der Waals surface area contributed by atoms with E-state index >= 15 is 0 Å². The zero-order valence-corrected chi connectivity index (χ0v) is 15.1. The molecule has 2 aromatic carbocycles. The minimum absolute atomic E-state index is 0.250. The van der Waals surface area contributed by atoms with Crippen molar-refractivity contribution in [2.75, 3.05) is 0 Å². The van der Waals surface area contributed by atoms with Crippen molar-refractivity contribution >= 4 is 28.9 Å². The molecular weight excluding hydrogens is 368 g/mol. The van der Waals surface area contributed by atoms with Crippen LogP contribution in [-0.2, 0) is 22.4 Å². The van der Waals surface area contributed by atoms with Gasteiger partial charge in [-0.25, -0.2) is 0 Å². The molecule has 1 aliphatic heterocycles. The van der Waals surface area contributed by atoms with E-state index in [1.165, 1.54) is 0 Å². The summed E-state index contributed by atoms with van der Waals surface area (Å²) in [5, 5.41) is 10.4. The Morgan fingerprint density at radius 2 is 1.63 bits per heavy atom. The Kier molecular flexibility index (Phi) is 5.78. The number of hydrogen-bond acceptors (Lipinski definition) is 6. The fourth-order valence-electron chi connectivity index (χ4n) is 2.61. The number of aliphatic carboxylic acids is 1. The number of carboxylic acids is 1. The molecule has 0 spiro atoms. The second-order valence-corrected chi connectivity index (χ2v) is 7.30. The summed E-state index contributed by atoms with van der Waals surface area (Å²) in [6.07, 6.45) is 0.723. The number of thioether (sulfide) groups is 1. The Morgan fingerprint density at radius 3 is 2.11 bits per heavy atom. The zero-order valence-electron chi connectivity index (χ0n) is 14.3. The van der Waals surface area contributed by atoms with E-state index in [9.17, 15) is 14.4 Å². The molecule has 1 saturated heterocycles. The molecule has 2 amide bonds. The number of carboxylic acid groups (broad SMARTS) is 1. The van der Waals surface area contributed by atoms with Gasteiger partial charge in [-0.3, -0.25) is 19.7 Å². The minimum atomic E-state index is -1.03. The standard InChI is InChI=1S/C19H18N2O5S/c20-15(18(23)24)9-11-1-5-13(6-2-11)26-14-7-3-12(4-8-14)10-16-17(22)21-19(25)27-16/h1-8,15-16H,9-10,20H2,(H,23,24)(H,21,22,25). The van der Waals surface area contributed by atoms with Gasteiger partial charge in [0.25, 0.3) is 5.24 Å². The van der Waals surface area contributed by atoms with E-state index in [2.05, 4.69) is 5.32 Å². The highest BCUT2D eigenvalue weighted by molar-refractivity contribution is 8.15. The molecule has 0 saturated carbocycles. The number of rotatable bonds is 7. The maximum atomic E-state index is 11.6. The molecule has 7 nitrogen and oxygen atoms in total. The van der Waals surface area contributed by atoms with Crippen molar-refractivity contribution < 1.29 is 24.2 Å². The third-order valence-electron chi connectivity index (χ3n) is 4.04. The molecule has 2 unspecified atom stereocenters. The summed E-state index contributed by atoms with van der Waals surface area (Å²) in [4.78, 5) is 33.6. The second-order valence-electron chi connectivity index (χ2n) is 6.13. The van der Waals surface area contributed by atoms with Crippen LogP contribution in [0.15, 0.2) is 48.5 Å². The first-order valence-corrected chi connectivity index (χ1v) is 9.14. The number of carbonyl (C=O) groups is 3. The van der Waals surface area contributed by atoms with Crippen LogP contribution in [0.25, 0.3) is 0 Å². The summed E-state index contributed by atoms with van der Waals surface area (Å²) >= 11 is 1.01. The van der Waals surface area contributed by atoms with E-state index in [0.29, 0.717) is 17.9 Å². The van der Waals surface area contributed by atoms with Crippen LogP contribution in [0.5, 0.6) is 11.5 Å². The zero-order chi connectivity index (χ0) is 19.4. The highest BCUT2D eigenvalue weighted by Crippen LogP contribution is 2.26. The molecule has 1 aliphatic rings. The average Bonchev–Trinajstić information content (AvgIpc) is 2.95. The number of ether oxygens (including phenoxy) is 1. The highest BCUT2D eigenvalue weighted by Gasteiger charge is 2.31. The van der Waals surface area contributed by atoms with Gasteiger partial charge in [-0.1, -0.05) is 36.0 Å². The van der Waals surface area contributed by atoms with E-state index in [0.717, 1.165) is 22.9 Å². The van der Waals surface area contributed by atoms with E-state index < -0.39 is 17.3 Å². The molecule has 27 heavy (non-hydrogen) atoms. The fraction of sp³-hybridized carbons (Fsp3) is 0.211. The van der Waals surface area contributed by atoms with Gasteiger partial charge in [0.2, 0.25) is 5.91 Å². The van der Waals surface area contributed by atoms with Gasteiger partial charge in [0.05, 0.1) is 5.25 Å². The Bertz CT molecular complexity index is 851. The summed E-state index contributed by atoms with van der Waals surface area (Å²) in [6, 6.07) is 13.4. The summed E-state index contributed by atoms with van der Waals surface area (Å²) in [7, 11) is 0. The molecule has 4 N–H and O–H groups in total. The summed E-state index contributed by atoms with van der Waals surface area (Å²) in [6.45, 7) is 0. The lowest BCUT2D eigenvalue weighted by Crippen LogP contribution is -2.32. The number of carbonyl (C=O) groups excluding carboxylic acids is 2. The predicted molar refractivity (Wildman–Crippen MR) is 101 cm³/mol. The Balaban J connectivity index is 1.57. The molecule has 0 aromatic heterocycles. The van der Waals surface area contributed by atoms with Gasteiger partial charge in [-0.05, 0) is 48.2 Å². The molecule has 140 valence electrons. The number of hydrogen-bond donors (Lipinski definition) is 3. The normalized spacial score (nSPS) is 17.4. The van der Waals surface area contributed by atoms with Crippen molar-refractivity contribution in [2.45, 2.75) is 24.1 Å². The van der Waals surface area contributed by atoms with Crippen molar-refractivity contribution in [3.05, 3.63) is 59.7 Å². The van der Waals surface area contributed by atoms with Gasteiger partial charge in [-0.15, -0.1) is 0 Å². The maximum absolute atomic E-state index is 11.6. The fourth-order valence-corrected chi connectivity index (χ4v) is 3.47. The lowest BCUT2D eigenvalue weighted by molar-refractivity contribution is -0.138. The summed E-state index contributed by atoms with van der Waals surface area (Å²) < 4.78 is 5.76. The monoisotopic (exact) mass is 386 g/mol. The summed E-state index contributed by atoms with van der Waals surface area (Å²) in [5.74, 6) is -0.0404.